The summed E-state index contributed by atoms with van der Waals surface area (Å²) in [4.78, 5) is 4.51. The average Bonchev–Trinajstić information content (AvgIpc) is 2.94. The lowest BCUT2D eigenvalue weighted by molar-refractivity contribution is 0.252. The number of aromatic nitrogens is 2. The highest BCUT2D eigenvalue weighted by atomic mass is 16.5. The molecule has 1 atom stereocenters. The Morgan fingerprint density at radius 3 is 2.62 bits per heavy atom. The first kappa shape index (κ1) is 13.9. The van der Waals surface area contributed by atoms with Crippen molar-refractivity contribution >= 4 is 0 Å². The van der Waals surface area contributed by atoms with Crippen LogP contribution in [0.25, 0.3) is 11.4 Å². The molecule has 0 spiro atoms. The quantitative estimate of drug-likeness (QED) is 0.908. The molecule has 6 heteroatoms. The molecular weight excluding hydrogens is 270 g/mol. The minimum atomic E-state index is 0.271. The second-order valence-corrected chi connectivity index (χ2v) is 5.23. The van der Waals surface area contributed by atoms with E-state index in [-0.39, 0.29) is 5.92 Å². The molecule has 2 heterocycles. The van der Waals surface area contributed by atoms with Gasteiger partial charge >= 0.3 is 0 Å². The summed E-state index contributed by atoms with van der Waals surface area (Å²) in [6.45, 7) is 4.14. The lowest BCUT2D eigenvalue weighted by atomic mass is 9.89. The summed E-state index contributed by atoms with van der Waals surface area (Å²) in [5.41, 5.74) is 0.849. The van der Waals surface area contributed by atoms with E-state index < -0.39 is 0 Å². The Morgan fingerprint density at radius 1 is 1.24 bits per heavy atom. The van der Waals surface area contributed by atoms with E-state index >= 15 is 0 Å². The molecule has 0 aliphatic carbocycles. The van der Waals surface area contributed by atoms with Crippen LogP contribution >= 0.6 is 0 Å². The molecule has 1 N–H and O–H groups in total. The van der Waals surface area contributed by atoms with Crippen LogP contribution in [0.15, 0.2) is 22.7 Å². The molecule has 0 saturated carbocycles. The van der Waals surface area contributed by atoms with Gasteiger partial charge in [0.15, 0.2) is 11.5 Å². The molecule has 1 saturated heterocycles. The van der Waals surface area contributed by atoms with Gasteiger partial charge in [0.05, 0.1) is 14.2 Å². The van der Waals surface area contributed by atoms with Gasteiger partial charge in [-0.25, -0.2) is 0 Å². The molecule has 1 aromatic carbocycles. The summed E-state index contributed by atoms with van der Waals surface area (Å²) < 4.78 is 15.9. The van der Waals surface area contributed by atoms with Crippen LogP contribution in [-0.4, -0.2) is 37.4 Å². The zero-order chi connectivity index (χ0) is 14.8. The van der Waals surface area contributed by atoms with Crippen LogP contribution in [-0.2, 0) is 0 Å². The second kappa shape index (κ2) is 5.73. The molecule has 0 bridgehead atoms. The Balaban J connectivity index is 1.85. The highest BCUT2D eigenvalue weighted by Gasteiger charge is 2.29. The summed E-state index contributed by atoms with van der Waals surface area (Å²) in [6, 6.07) is 5.58. The van der Waals surface area contributed by atoms with Crippen LogP contribution in [0.5, 0.6) is 11.5 Å². The van der Waals surface area contributed by atoms with Gasteiger partial charge in [-0.2, -0.15) is 4.98 Å². The van der Waals surface area contributed by atoms with E-state index in [2.05, 4.69) is 22.4 Å². The van der Waals surface area contributed by atoms with E-state index in [4.69, 9.17) is 14.0 Å². The van der Waals surface area contributed by atoms with Crippen molar-refractivity contribution in [3.8, 4) is 22.9 Å². The highest BCUT2D eigenvalue weighted by Crippen LogP contribution is 2.32. The summed E-state index contributed by atoms with van der Waals surface area (Å²) in [7, 11) is 3.22. The predicted octanol–water partition coefficient (Wildman–Crippen LogP) is 2.08. The van der Waals surface area contributed by atoms with Gasteiger partial charge in [-0.05, 0) is 37.2 Å². The normalized spacial score (nSPS) is 16.3. The lowest BCUT2D eigenvalue weighted by Crippen LogP contribution is -2.44. The number of nitrogens with zero attached hydrogens (tertiary/aromatic N) is 2. The number of hydrogen-bond acceptors (Lipinski definition) is 6. The third-order valence-electron chi connectivity index (χ3n) is 3.99. The molecule has 1 aliphatic rings. The van der Waals surface area contributed by atoms with E-state index in [1.54, 1.807) is 14.2 Å². The fourth-order valence-corrected chi connectivity index (χ4v) is 2.38. The number of methoxy groups -OCH3 is 2. The third-order valence-corrected chi connectivity index (χ3v) is 3.99. The average molecular weight is 289 g/mol. The Bertz CT molecular complexity index is 622. The minimum absolute atomic E-state index is 0.271. The maximum atomic E-state index is 5.41. The van der Waals surface area contributed by atoms with Gasteiger partial charge in [0.2, 0.25) is 11.7 Å². The van der Waals surface area contributed by atoms with Gasteiger partial charge in [-0.1, -0.05) is 12.1 Å². The molecule has 112 valence electrons. The molecule has 0 amide bonds. The van der Waals surface area contributed by atoms with Gasteiger partial charge in [0, 0.05) is 11.5 Å². The number of hydrogen-bond donors (Lipinski definition) is 1. The van der Waals surface area contributed by atoms with Crippen molar-refractivity contribution in [2.75, 3.05) is 27.3 Å². The van der Waals surface area contributed by atoms with Crippen LogP contribution < -0.4 is 14.8 Å². The van der Waals surface area contributed by atoms with Crippen LogP contribution in [0.1, 0.15) is 18.7 Å². The molecule has 1 aromatic heterocycles. The number of nitrogens with one attached hydrogen (secondary N) is 1. The van der Waals surface area contributed by atoms with Gasteiger partial charge < -0.3 is 19.3 Å². The molecule has 3 rings (SSSR count). The predicted molar refractivity (Wildman–Crippen MR) is 77.6 cm³/mol. The second-order valence-electron chi connectivity index (χ2n) is 5.23. The maximum Gasteiger partial charge on any atom is 0.230 e. The molecule has 1 aliphatic heterocycles. The third kappa shape index (κ3) is 2.58. The van der Waals surface area contributed by atoms with E-state index in [1.165, 1.54) is 0 Å². The maximum absolute atomic E-state index is 5.41. The summed E-state index contributed by atoms with van der Waals surface area (Å²) in [5.74, 6) is 3.43. The van der Waals surface area contributed by atoms with E-state index in [1.807, 2.05) is 18.2 Å². The van der Waals surface area contributed by atoms with Crippen molar-refractivity contribution in [1.82, 2.24) is 15.5 Å². The van der Waals surface area contributed by atoms with Crippen LogP contribution in [0.2, 0.25) is 0 Å². The first-order valence-corrected chi connectivity index (χ1v) is 6.99. The molecule has 1 unspecified atom stereocenters. The largest absolute Gasteiger partial charge is 0.493 e. The van der Waals surface area contributed by atoms with Crippen molar-refractivity contribution < 1.29 is 14.0 Å². The monoisotopic (exact) mass is 289 g/mol. The zero-order valence-electron chi connectivity index (χ0n) is 12.4. The number of ether oxygens (including phenoxy) is 2. The highest BCUT2D eigenvalue weighted by molar-refractivity contribution is 5.60. The summed E-state index contributed by atoms with van der Waals surface area (Å²) >= 11 is 0. The molecule has 21 heavy (non-hydrogen) atoms. The van der Waals surface area contributed by atoms with Crippen LogP contribution in [0.3, 0.4) is 0 Å². The first-order valence-electron chi connectivity index (χ1n) is 6.99. The van der Waals surface area contributed by atoms with Gasteiger partial charge in [-0.15, -0.1) is 0 Å². The fraction of sp³-hybridized carbons (Fsp3) is 0.467. The van der Waals surface area contributed by atoms with Crippen molar-refractivity contribution in [1.29, 1.82) is 0 Å². The Hall–Kier alpha value is -2.08. The van der Waals surface area contributed by atoms with Crippen molar-refractivity contribution in [3.63, 3.8) is 0 Å². The minimum Gasteiger partial charge on any atom is -0.493 e. The van der Waals surface area contributed by atoms with Crippen LogP contribution in [0.4, 0.5) is 0 Å². The molecule has 1 fully saturated rings. The van der Waals surface area contributed by atoms with Crippen molar-refractivity contribution in [3.05, 3.63) is 24.1 Å². The van der Waals surface area contributed by atoms with Gasteiger partial charge in [0.25, 0.3) is 0 Å². The first-order chi connectivity index (χ1) is 10.2. The summed E-state index contributed by atoms with van der Waals surface area (Å²) in [6.07, 6.45) is 0. The van der Waals surface area contributed by atoms with Crippen LogP contribution in [0, 0.1) is 5.92 Å². The zero-order valence-corrected chi connectivity index (χ0v) is 12.4. The molecule has 6 nitrogen and oxygen atoms in total. The number of rotatable bonds is 5. The van der Waals surface area contributed by atoms with Gasteiger partial charge in [-0.3, -0.25) is 0 Å². The molecular formula is C15H19N3O3. The van der Waals surface area contributed by atoms with E-state index in [9.17, 15) is 0 Å². The SMILES string of the molecule is COc1ccc(-c2noc(C(C)C3CNC3)n2)cc1OC. The smallest absolute Gasteiger partial charge is 0.230 e. The summed E-state index contributed by atoms with van der Waals surface area (Å²) in [5, 5.41) is 7.33. The van der Waals surface area contributed by atoms with E-state index in [0.29, 0.717) is 29.1 Å². The molecule has 2 aromatic rings. The Labute approximate surface area is 123 Å². The van der Waals surface area contributed by atoms with Crippen molar-refractivity contribution in [2.45, 2.75) is 12.8 Å². The topological polar surface area (TPSA) is 69.4 Å². The van der Waals surface area contributed by atoms with Crippen molar-refractivity contribution in [2.24, 2.45) is 5.92 Å². The standard InChI is InChI=1S/C15H19N3O3/c1-9(11-7-16-8-11)15-17-14(18-21-15)10-4-5-12(19-2)13(6-10)20-3/h4-6,9,11,16H,7-8H2,1-3H3. The van der Waals surface area contributed by atoms with E-state index in [0.717, 1.165) is 18.7 Å². The fourth-order valence-electron chi connectivity index (χ4n) is 2.38. The lowest BCUT2D eigenvalue weighted by Gasteiger charge is -2.30. The van der Waals surface area contributed by atoms with Gasteiger partial charge in [0.1, 0.15) is 0 Å². The Morgan fingerprint density at radius 2 is 2.00 bits per heavy atom. The molecule has 0 radical (unpaired) electrons. The number of benzene rings is 1. The Kier molecular flexibility index (Phi) is 3.79.